The molecular formula is C10H13N3O2. The minimum absolute atomic E-state index is 0.198. The molecule has 0 saturated carbocycles. The predicted octanol–water partition coefficient (Wildman–Crippen LogP) is 0.385. The largest absolute Gasteiger partial charge is 0.379 e. The Morgan fingerprint density at radius 3 is 3.13 bits per heavy atom. The molecule has 0 radical (unpaired) electrons. The summed E-state index contributed by atoms with van der Waals surface area (Å²) < 4.78 is 5.25. The second-order valence-corrected chi connectivity index (χ2v) is 3.93. The second-order valence-electron chi connectivity index (χ2n) is 3.93. The smallest absolute Gasteiger partial charge is 0.272 e. The van der Waals surface area contributed by atoms with E-state index >= 15 is 0 Å². The Morgan fingerprint density at radius 1 is 1.67 bits per heavy atom. The van der Waals surface area contributed by atoms with E-state index in [0.29, 0.717) is 18.9 Å². The van der Waals surface area contributed by atoms with E-state index in [9.17, 15) is 4.79 Å². The number of nitrogens with one attached hydrogen (secondary N) is 1. The van der Waals surface area contributed by atoms with Gasteiger partial charge in [-0.1, -0.05) is 0 Å². The number of ether oxygens (including phenoxy) is 1. The van der Waals surface area contributed by atoms with Crippen molar-refractivity contribution in [2.45, 2.75) is 18.9 Å². The van der Waals surface area contributed by atoms with E-state index < -0.39 is 0 Å². The maximum atomic E-state index is 11.7. The van der Waals surface area contributed by atoms with Crippen LogP contribution in [0.2, 0.25) is 0 Å². The van der Waals surface area contributed by atoms with Gasteiger partial charge in [-0.15, -0.1) is 5.10 Å². The van der Waals surface area contributed by atoms with E-state index in [-0.39, 0.29) is 11.4 Å². The molecule has 0 aromatic carbocycles. The molecule has 80 valence electrons. The van der Waals surface area contributed by atoms with Gasteiger partial charge in [0.2, 0.25) is 0 Å². The lowest BCUT2D eigenvalue weighted by molar-refractivity contribution is 0.0883. The van der Waals surface area contributed by atoms with Gasteiger partial charge < -0.3 is 10.1 Å². The Balaban J connectivity index is 2.04. The molecule has 1 aromatic rings. The lowest BCUT2D eigenvalue weighted by Crippen LogP contribution is -2.46. The predicted molar refractivity (Wildman–Crippen MR) is 53.3 cm³/mol. The number of hydrogen-bond donors (Lipinski definition) is 1. The Hall–Kier alpha value is -1.49. The molecule has 1 N–H and O–H groups in total. The van der Waals surface area contributed by atoms with Crippen LogP contribution in [0.25, 0.3) is 0 Å². The number of rotatable bonds is 2. The van der Waals surface area contributed by atoms with Gasteiger partial charge in [-0.2, -0.15) is 5.10 Å². The number of hydrogen-bond acceptors (Lipinski definition) is 4. The van der Waals surface area contributed by atoms with E-state index in [1.807, 2.05) is 6.92 Å². The van der Waals surface area contributed by atoms with Crippen LogP contribution in [-0.2, 0) is 4.74 Å². The molecule has 5 nitrogen and oxygen atoms in total. The average Bonchev–Trinajstić information content (AvgIpc) is 2.66. The van der Waals surface area contributed by atoms with Crippen molar-refractivity contribution in [1.29, 1.82) is 0 Å². The molecule has 1 aromatic heterocycles. The summed E-state index contributed by atoms with van der Waals surface area (Å²) in [5, 5.41) is 10.3. The Kier molecular flexibility index (Phi) is 2.64. The third-order valence-electron chi connectivity index (χ3n) is 2.44. The molecule has 2 rings (SSSR count). The molecule has 0 spiro atoms. The Morgan fingerprint density at radius 2 is 2.53 bits per heavy atom. The summed E-state index contributed by atoms with van der Waals surface area (Å²) >= 11 is 0. The summed E-state index contributed by atoms with van der Waals surface area (Å²) in [7, 11) is 0. The molecule has 1 amide bonds. The van der Waals surface area contributed by atoms with E-state index in [4.69, 9.17) is 4.74 Å². The maximum absolute atomic E-state index is 11.7. The van der Waals surface area contributed by atoms with Gasteiger partial charge >= 0.3 is 0 Å². The van der Waals surface area contributed by atoms with Crippen molar-refractivity contribution in [1.82, 2.24) is 15.5 Å². The highest BCUT2D eigenvalue weighted by atomic mass is 16.5. The summed E-state index contributed by atoms with van der Waals surface area (Å²) in [6.07, 6.45) is 2.37. The zero-order valence-electron chi connectivity index (χ0n) is 8.56. The molecule has 1 aliphatic rings. The van der Waals surface area contributed by atoms with Crippen LogP contribution in [0.15, 0.2) is 18.3 Å². The van der Waals surface area contributed by atoms with Crippen molar-refractivity contribution in [2.75, 3.05) is 13.2 Å². The molecule has 0 bridgehead atoms. The van der Waals surface area contributed by atoms with Crippen LogP contribution in [0.5, 0.6) is 0 Å². The highest BCUT2D eigenvalue weighted by molar-refractivity contribution is 5.92. The molecule has 15 heavy (non-hydrogen) atoms. The highest BCUT2D eigenvalue weighted by Gasteiger charge is 2.31. The Bertz CT molecular complexity index is 347. The average molecular weight is 207 g/mol. The van der Waals surface area contributed by atoms with Crippen molar-refractivity contribution in [2.24, 2.45) is 0 Å². The van der Waals surface area contributed by atoms with Gasteiger partial charge in [0.25, 0.3) is 5.91 Å². The van der Waals surface area contributed by atoms with Gasteiger partial charge in [-0.05, 0) is 25.5 Å². The minimum atomic E-state index is -0.269. The van der Waals surface area contributed by atoms with Gasteiger partial charge in [-0.3, -0.25) is 4.79 Å². The number of carbonyl (C=O) groups excluding carboxylic acids is 1. The normalized spacial score (nSPS) is 25.1. The van der Waals surface area contributed by atoms with Gasteiger partial charge in [0.15, 0.2) is 5.69 Å². The molecule has 1 saturated heterocycles. The van der Waals surface area contributed by atoms with E-state index in [0.717, 1.165) is 6.42 Å². The molecule has 2 heterocycles. The standard InChI is InChI=1S/C10H13N3O2/c1-10(4-6-15-7-10)12-9(14)8-3-2-5-11-13-8/h2-3,5H,4,6-7H2,1H3,(H,12,14). The lowest BCUT2D eigenvalue weighted by atomic mass is 10.0. The maximum Gasteiger partial charge on any atom is 0.272 e. The summed E-state index contributed by atoms with van der Waals surface area (Å²) in [6, 6.07) is 3.33. The summed E-state index contributed by atoms with van der Waals surface area (Å²) in [5.41, 5.74) is 0.0693. The first-order valence-corrected chi connectivity index (χ1v) is 4.88. The number of amides is 1. The van der Waals surface area contributed by atoms with Gasteiger partial charge in [0.1, 0.15) is 0 Å². The summed E-state index contributed by atoms with van der Waals surface area (Å²) in [6.45, 7) is 3.21. The van der Waals surface area contributed by atoms with Crippen molar-refractivity contribution in [3.8, 4) is 0 Å². The van der Waals surface area contributed by atoms with Crippen molar-refractivity contribution in [3.63, 3.8) is 0 Å². The van der Waals surface area contributed by atoms with Crippen molar-refractivity contribution < 1.29 is 9.53 Å². The van der Waals surface area contributed by atoms with Crippen molar-refractivity contribution >= 4 is 5.91 Å². The van der Waals surface area contributed by atoms with Crippen LogP contribution in [0, 0.1) is 0 Å². The molecule has 1 aliphatic heterocycles. The SMILES string of the molecule is CC1(NC(=O)c2cccnn2)CCOC1. The van der Waals surface area contributed by atoms with E-state index in [1.54, 1.807) is 12.1 Å². The van der Waals surface area contributed by atoms with E-state index in [1.165, 1.54) is 6.20 Å². The number of carbonyl (C=O) groups is 1. The Labute approximate surface area is 87.8 Å². The van der Waals surface area contributed by atoms with E-state index in [2.05, 4.69) is 15.5 Å². The van der Waals surface area contributed by atoms with Crippen molar-refractivity contribution in [3.05, 3.63) is 24.0 Å². The third kappa shape index (κ3) is 2.30. The molecule has 0 aliphatic carbocycles. The van der Waals surface area contributed by atoms with Gasteiger partial charge in [0, 0.05) is 12.8 Å². The molecular weight excluding hydrogens is 194 g/mol. The molecule has 1 fully saturated rings. The monoisotopic (exact) mass is 207 g/mol. The fraction of sp³-hybridized carbons (Fsp3) is 0.500. The lowest BCUT2D eigenvalue weighted by Gasteiger charge is -2.22. The molecule has 1 unspecified atom stereocenters. The third-order valence-corrected chi connectivity index (χ3v) is 2.44. The minimum Gasteiger partial charge on any atom is -0.379 e. The molecule has 5 heteroatoms. The van der Waals surface area contributed by atoms with Crippen LogP contribution < -0.4 is 5.32 Å². The quantitative estimate of drug-likeness (QED) is 0.761. The van der Waals surface area contributed by atoms with Crippen LogP contribution in [-0.4, -0.2) is 34.9 Å². The van der Waals surface area contributed by atoms with Gasteiger partial charge in [0.05, 0.1) is 12.1 Å². The van der Waals surface area contributed by atoms with Crippen LogP contribution >= 0.6 is 0 Å². The van der Waals surface area contributed by atoms with Gasteiger partial charge in [-0.25, -0.2) is 0 Å². The summed E-state index contributed by atoms with van der Waals surface area (Å²) in [5.74, 6) is -0.198. The van der Waals surface area contributed by atoms with Crippen LogP contribution in [0.4, 0.5) is 0 Å². The first kappa shape index (κ1) is 10.0. The topological polar surface area (TPSA) is 64.1 Å². The first-order valence-electron chi connectivity index (χ1n) is 4.88. The fourth-order valence-corrected chi connectivity index (χ4v) is 1.53. The zero-order valence-corrected chi connectivity index (χ0v) is 8.56. The highest BCUT2D eigenvalue weighted by Crippen LogP contribution is 2.17. The molecule has 1 atom stereocenters. The number of nitrogens with zero attached hydrogens (tertiary/aromatic N) is 2. The van der Waals surface area contributed by atoms with Crippen LogP contribution in [0.3, 0.4) is 0 Å². The number of aromatic nitrogens is 2. The van der Waals surface area contributed by atoms with Crippen LogP contribution in [0.1, 0.15) is 23.8 Å². The summed E-state index contributed by atoms with van der Waals surface area (Å²) in [4.78, 5) is 11.7. The fourth-order valence-electron chi connectivity index (χ4n) is 1.53. The second kappa shape index (κ2) is 3.94. The first-order chi connectivity index (χ1) is 7.20. The zero-order chi connectivity index (χ0) is 10.7.